The minimum atomic E-state index is -0.653. The van der Waals surface area contributed by atoms with E-state index in [0.29, 0.717) is 27.7 Å². The smallest absolute Gasteiger partial charge is 0.267 e. The number of hydrogen-bond donors (Lipinski definition) is 2. The molecule has 3 aromatic rings. The van der Waals surface area contributed by atoms with E-state index in [1.165, 1.54) is 19.3 Å². The molecular weight excluding hydrogens is 358 g/mol. The van der Waals surface area contributed by atoms with E-state index < -0.39 is 5.91 Å². The summed E-state index contributed by atoms with van der Waals surface area (Å²) in [5.41, 5.74) is 3.61. The van der Waals surface area contributed by atoms with Gasteiger partial charge in [-0.15, -0.1) is 0 Å². The van der Waals surface area contributed by atoms with Gasteiger partial charge in [-0.1, -0.05) is 23.7 Å². The van der Waals surface area contributed by atoms with E-state index >= 15 is 0 Å². The van der Waals surface area contributed by atoms with Gasteiger partial charge in [-0.05, 0) is 35.9 Å². The van der Waals surface area contributed by atoms with Crippen molar-refractivity contribution in [3.63, 3.8) is 0 Å². The van der Waals surface area contributed by atoms with Gasteiger partial charge in [-0.3, -0.25) is 10.0 Å². The maximum atomic E-state index is 11.3. The topological polar surface area (TPSA) is 80.9 Å². The summed E-state index contributed by atoms with van der Waals surface area (Å²) in [6.07, 6.45) is 4.26. The van der Waals surface area contributed by atoms with Crippen molar-refractivity contribution in [2.24, 2.45) is 0 Å². The molecule has 0 aliphatic carbocycles. The van der Waals surface area contributed by atoms with Crippen molar-refractivity contribution in [2.45, 2.75) is 6.61 Å². The molecule has 0 fully saturated rings. The summed E-state index contributed by atoms with van der Waals surface area (Å²) in [4.78, 5) is 11.3. The van der Waals surface area contributed by atoms with Gasteiger partial charge in [-0.25, -0.2) is 5.48 Å². The predicted molar refractivity (Wildman–Crippen MR) is 97.5 cm³/mol. The number of ether oxygens (including phenoxy) is 2. The molecule has 0 bridgehead atoms. The largest absolute Gasteiger partial charge is 0.490 e. The molecule has 0 saturated carbocycles. The van der Waals surface area contributed by atoms with Crippen molar-refractivity contribution in [3.8, 4) is 11.5 Å². The number of halogens is 1. The van der Waals surface area contributed by atoms with Crippen LogP contribution in [0.4, 0.5) is 0 Å². The summed E-state index contributed by atoms with van der Waals surface area (Å²) in [6.45, 7) is 0.271. The molecule has 1 aromatic heterocycles. The van der Waals surface area contributed by atoms with E-state index in [9.17, 15) is 4.79 Å². The fraction of sp³-hybridized carbons (Fsp3) is 0.105. The minimum Gasteiger partial charge on any atom is -0.490 e. The van der Waals surface area contributed by atoms with Crippen LogP contribution in [0.25, 0.3) is 17.0 Å². The number of nitrogens with one attached hydrogen (secondary N) is 1. The Morgan fingerprint density at radius 2 is 2.04 bits per heavy atom. The second kappa shape index (κ2) is 7.95. The number of fused-ring (bicyclic) bond motifs is 1. The molecule has 0 radical (unpaired) electrons. The van der Waals surface area contributed by atoms with Crippen molar-refractivity contribution in [1.82, 2.24) is 5.48 Å². The average molecular weight is 374 g/mol. The van der Waals surface area contributed by atoms with Crippen LogP contribution in [0.2, 0.25) is 5.02 Å². The first kappa shape index (κ1) is 17.8. The molecule has 0 spiro atoms. The van der Waals surface area contributed by atoms with Gasteiger partial charge in [0.1, 0.15) is 6.61 Å². The van der Waals surface area contributed by atoms with Crippen molar-refractivity contribution in [1.29, 1.82) is 0 Å². The van der Waals surface area contributed by atoms with E-state index in [1.807, 2.05) is 12.1 Å². The van der Waals surface area contributed by atoms with Crippen LogP contribution in [0.5, 0.6) is 11.5 Å². The molecule has 1 amide bonds. The van der Waals surface area contributed by atoms with Gasteiger partial charge in [0.2, 0.25) is 5.75 Å². The molecule has 3 rings (SSSR count). The number of benzene rings is 2. The maximum absolute atomic E-state index is 11.3. The summed E-state index contributed by atoms with van der Waals surface area (Å²) in [5.74, 6) is 0.192. The zero-order valence-corrected chi connectivity index (χ0v) is 14.6. The molecule has 2 N–H and O–H groups in total. The van der Waals surface area contributed by atoms with Crippen LogP contribution >= 0.6 is 11.6 Å². The molecule has 0 aliphatic heterocycles. The van der Waals surface area contributed by atoms with E-state index in [1.54, 1.807) is 36.0 Å². The lowest BCUT2D eigenvalue weighted by atomic mass is 10.1. The third kappa shape index (κ3) is 3.82. The Balaban J connectivity index is 2.00. The Morgan fingerprint density at radius 1 is 1.27 bits per heavy atom. The number of furan rings is 1. The molecule has 0 saturated heterocycles. The van der Waals surface area contributed by atoms with Crippen LogP contribution in [0.15, 0.2) is 53.2 Å². The van der Waals surface area contributed by atoms with E-state index in [2.05, 4.69) is 0 Å². The highest BCUT2D eigenvalue weighted by Crippen LogP contribution is 2.40. The monoisotopic (exact) mass is 373 g/mol. The first-order chi connectivity index (χ1) is 12.6. The fourth-order valence-electron chi connectivity index (χ4n) is 2.48. The van der Waals surface area contributed by atoms with E-state index in [4.69, 9.17) is 30.7 Å². The van der Waals surface area contributed by atoms with Crippen LogP contribution in [0.1, 0.15) is 11.1 Å². The molecule has 7 heteroatoms. The van der Waals surface area contributed by atoms with Gasteiger partial charge in [-0.2, -0.15) is 0 Å². The summed E-state index contributed by atoms with van der Waals surface area (Å²) < 4.78 is 16.9. The number of carbonyl (C=O) groups excluding carboxylic acids is 1. The third-order valence-electron chi connectivity index (χ3n) is 3.71. The Hall–Kier alpha value is -2.96. The molecule has 6 nitrogen and oxygen atoms in total. The highest BCUT2D eigenvalue weighted by atomic mass is 35.5. The van der Waals surface area contributed by atoms with Crippen molar-refractivity contribution in [2.75, 3.05) is 7.11 Å². The molecule has 26 heavy (non-hydrogen) atoms. The Labute approximate surface area is 154 Å². The number of amides is 1. The lowest BCUT2D eigenvalue weighted by Crippen LogP contribution is -2.14. The molecule has 0 unspecified atom stereocenters. The van der Waals surface area contributed by atoms with Crippen LogP contribution in [-0.2, 0) is 11.4 Å². The van der Waals surface area contributed by atoms with Gasteiger partial charge in [0.05, 0.1) is 13.4 Å². The standard InChI is InChI=1S/C19H16ClNO5/c1-24-19-17-14(8-9-25-17)10-13(4-7-16(22)21-23)18(19)26-11-12-2-5-15(20)6-3-12/h2-10,23H,11H2,1H3,(H,21,22). The van der Waals surface area contributed by atoms with E-state index in [0.717, 1.165) is 10.9 Å². The van der Waals surface area contributed by atoms with Crippen molar-refractivity contribution >= 4 is 34.6 Å². The highest BCUT2D eigenvalue weighted by Gasteiger charge is 2.17. The zero-order chi connectivity index (χ0) is 18.5. The number of rotatable bonds is 6. The van der Waals surface area contributed by atoms with Gasteiger partial charge >= 0.3 is 0 Å². The highest BCUT2D eigenvalue weighted by molar-refractivity contribution is 6.30. The summed E-state index contributed by atoms with van der Waals surface area (Å²) in [6, 6.07) is 10.9. The SMILES string of the molecule is COc1c(OCc2ccc(Cl)cc2)c(C=CC(=O)NO)cc2ccoc12. The summed E-state index contributed by atoms with van der Waals surface area (Å²) in [5, 5.41) is 10.1. The van der Waals surface area contributed by atoms with E-state index in [-0.39, 0.29) is 6.61 Å². The molecule has 2 aromatic carbocycles. The number of hydrogen-bond acceptors (Lipinski definition) is 5. The Morgan fingerprint density at radius 3 is 2.73 bits per heavy atom. The van der Waals surface area contributed by atoms with Crippen LogP contribution in [0.3, 0.4) is 0 Å². The second-order valence-electron chi connectivity index (χ2n) is 5.39. The average Bonchev–Trinajstić information content (AvgIpc) is 3.13. The lowest BCUT2D eigenvalue weighted by molar-refractivity contribution is -0.124. The minimum absolute atomic E-state index is 0.271. The Bertz CT molecular complexity index is 946. The van der Waals surface area contributed by atoms with Gasteiger partial charge in [0.15, 0.2) is 11.3 Å². The first-order valence-electron chi connectivity index (χ1n) is 7.70. The Kier molecular flexibility index (Phi) is 5.46. The molecule has 0 atom stereocenters. The third-order valence-corrected chi connectivity index (χ3v) is 3.96. The normalized spacial score (nSPS) is 11.0. The molecule has 1 heterocycles. The summed E-state index contributed by atoms with van der Waals surface area (Å²) in [7, 11) is 1.51. The van der Waals surface area contributed by atoms with Gasteiger partial charge in [0.25, 0.3) is 5.91 Å². The summed E-state index contributed by atoms with van der Waals surface area (Å²) >= 11 is 5.90. The fourth-order valence-corrected chi connectivity index (χ4v) is 2.61. The molecule has 134 valence electrons. The number of hydroxylamine groups is 1. The van der Waals surface area contributed by atoms with Crippen molar-refractivity contribution in [3.05, 3.63) is 64.9 Å². The quantitative estimate of drug-likeness (QED) is 0.384. The molecule has 0 aliphatic rings. The van der Waals surface area contributed by atoms with Gasteiger partial charge in [0, 0.05) is 22.0 Å². The van der Waals surface area contributed by atoms with Gasteiger partial charge < -0.3 is 13.9 Å². The van der Waals surface area contributed by atoms with Crippen LogP contribution in [-0.4, -0.2) is 18.2 Å². The molecular formula is C19H16ClNO5. The van der Waals surface area contributed by atoms with Crippen LogP contribution in [0, 0.1) is 0 Å². The second-order valence-corrected chi connectivity index (χ2v) is 5.83. The lowest BCUT2D eigenvalue weighted by Gasteiger charge is -2.14. The zero-order valence-electron chi connectivity index (χ0n) is 13.9. The van der Waals surface area contributed by atoms with Crippen molar-refractivity contribution < 1.29 is 23.9 Å². The van der Waals surface area contributed by atoms with Crippen LogP contribution < -0.4 is 15.0 Å². The predicted octanol–water partition coefficient (Wildman–Crippen LogP) is 4.19. The number of carbonyl (C=O) groups is 1. The first-order valence-corrected chi connectivity index (χ1v) is 8.07. The maximum Gasteiger partial charge on any atom is 0.267 e. The number of methoxy groups -OCH3 is 1.